The van der Waals surface area contributed by atoms with Gasteiger partial charge < -0.3 is 23.4 Å². The Hall–Kier alpha value is -2.54. The van der Waals surface area contributed by atoms with E-state index in [4.69, 9.17) is 18.3 Å². The van der Waals surface area contributed by atoms with Crippen molar-refractivity contribution in [3.05, 3.63) is 45.8 Å². The molecule has 55 heavy (non-hydrogen) atoms. The van der Waals surface area contributed by atoms with Crippen molar-refractivity contribution in [2.75, 3.05) is 13.2 Å². The quantitative estimate of drug-likeness (QED) is 0.0544. The summed E-state index contributed by atoms with van der Waals surface area (Å²) in [5.74, 6) is 4.11. The maximum Gasteiger partial charge on any atom is 0.306 e. The summed E-state index contributed by atoms with van der Waals surface area (Å²) < 4.78 is 23.0. The number of carbonyl (C=O) groups is 2. The van der Waals surface area contributed by atoms with Crippen LogP contribution in [-0.4, -0.2) is 36.4 Å². The molecule has 2 heterocycles. The van der Waals surface area contributed by atoms with Crippen molar-refractivity contribution < 1.29 is 33.0 Å². The van der Waals surface area contributed by atoms with E-state index in [2.05, 4.69) is 40.7 Å². The predicted molar refractivity (Wildman–Crippen MR) is 226 cm³/mol. The number of carbonyl (C=O) groups excluding carboxylic acids is 2. The fraction of sp³-hybridized carbons (Fsp3) is 0.792. The van der Waals surface area contributed by atoms with Crippen LogP contribution in [0.1, 0.15) is 221 Å². The summed E-state index contributed by atoms with van der Waals surface area (Å²) in [6.45, 7) is 10.6. The highest BCUT2D eigenvalue weighted by Gasteiger charge is 2.16. The first-order valence-electron chi connectivity index (χ1n) is 22.9. The van der Waals surface area contributed by atoms with Crippen molar-refractivity contribution in [3.63, 3.8) is 0 Å². The third-order valence-corrected chi connectivity index (χ3v) is 11.3. The summed E-state index contributed by atoms with van der Waals surface area (Å²) >= 11 is 0. The molecule has 0 unspecified atom stereocenters. The van der Waals surface area contributed by atoms with E-state index in [-0.39, 0.29) is 25.2 Å². The van der Waals surface area contributed by atoms with Crippen molar-refractivity contribution in [1.29, 1.82) is 0 Å². The van der Waals surface area contributed by atoms with Gasteiger partial charge in [0.2, 0.25) is 0 Å². The Morgan fingerprint density at radius 3 is 1.45 bits per heavy atom. The minimum Gasteiger partial charge on any atom is -0.466 e. The van der Waals surface area contributed by atoms with Crippen molar-refractivity contribution in [1.82, 2.24) is 0 Å². The molecule has 1 atom stereocenters. The Balaban J connectivity index is 1.37. The number of aryl methyl sites for hydroxylation is 5. The number of ether oxygens (including phenoxy) is 2. The third-order valence-electron chi connectivity index (χ3n) is 11.3. The van der Waals surface area contributed by atoms with Gasteiger partial charge in [0.15, 0.2) is 6.10 Å². The average Bonchev–Trinajstić information content (AvgIpc) is 3.67. The predicted octanol–water partition coefficient (Wildman–Crippen LogP) is 13.3. The van der Waals surface area contributed by atoms with Crippen molar-refractivity contribution >= 4 is 11.9 Å². The van der Waals surface area contributed by atoms with E-state index >= 15 is 0 Å². The van der Waals surface area contributed by atoms with Gasteiger partial charge in [0.1, 0.15) is 29.6 Å². The SMILES string of the molecule is CCCCCc1cc(C)c(CCCCCCCCCCCCC(=O)OC[C@H](CO)OC(=O)CCCCCCCCCCc2oc(CCCCC)c(C)c2C)o1. The minimum absolute atomic E-state index is 0.0818. The lowest BCUT2D eigenvalue weighted by molar-refractivity contribution is -0.161. The molecule has 0 bridgehead atoms. The Labute approximate surface area is 336 Å². The zero-order valence-electron chi connectivity index (χ0n) is 36.2. The number of aliphatic hydroxyl groups excluding tert-OH is 1. The normalized spacial score (nSPS) is 12.0. The van der Waals surface area contributed by atoms with Crippen molar-refractivity contribution in [2.45, 2.75) is 233 Å². The van der Waals surface area contributed by atoms with E-state index in [0.717, 1.165) is 70.0 Å². The van der Waals surface area contributed by atoms with E-state index in [0.29, 0.717) is 12.8 Å². The van der Waals surface area contributed by atoms with Crippen molar-refractivity contribution in [2.24, 2.45) is 0 Å². The van der Waals surface area contributed by atoms with Crippen LogP contribution in [0.4, 0.5) is 0 Å². The number of rotatable bonds is 36. The van der Waals surface area contributed by atoms with Gasteiger partial charge in [-0.25, -0.2) is 0 Å². The van der Waals surface area contributed by atoms with Crippen LogP contribution in [0, 0.1) is 20.8 Å². The number of unbranched alkanes of at least 4 members (excludes halogenated alkanes) is 20. The summed E-state index contributed by atoms with van der Waals surface area (Å²) in [5.41, 5.74) is 4.01. The van der Waals surface area contributed by atoms with Gasteiger partial charge >= 0.3 is 11.9 Å². The Morgan fingerprint density at radius 1 is 0.545 bits per heavy atom. The minimum atomic E-state index is -0.791. The van der Waals surface area contributed by atoms with Gasteiger partial charge in [-0.1, -0.05) is 129 Å². The van der Waals surface area contributed by atoms with Gasteiger partial charge in [0.25, 0.3) is 0 Å². The van der Waals surface area contributed by atoms with Crippen LogP contribution < -0.4 is 0 Å². The Kier molecular flexibility index (Phi) is 27.9. The Morgan fingerprint density at radius 2 is 0.964 bits per heavy atom. The molecule has 0 radical (unpaired) electrons. The molecule has 2 aromatic heterocycles. The van der Waals surface area contributed by atoms with Crippen LogP contribution in [0.3, 0.4) is 0 Å². The zero-order chi connectivity index (χ0) is 39.9. The Bertz CT molecular complexity index is 1260. The summed E-state index contributed by atoms with van der Waals surface area (Å²) in [5, 5.41) is 9.64. The molecule has 0 saturated heterocycles. The van der Waals surface area contributed by atoms with Crippen LogP contribution in [0.15, 0.2) is 14.9 Å². The average molecular weight is 771 g/mol. The van der Waals surface area contributed by atoms with Gasteiger partial charge in [-0.2, -0.15) is 0 Å². The number of hydrogen-bond donors (Lipinski definition) is 1. The number of aliphatic hydroxyl groups is 1. The molecule has 0 aromatic carbocycles. The van der Waals surface area contributed by atoms with E-state index in [9.17, 15) is 14.7 Å². The van der Waals surface area contributed by atoms with E-state index in [1.165, 1.54) is 150 Å². The first kappa shape index (κ1) is 48.6. The molecule has 0 aliphatic carbocycles. The van der Waals surface area contributed by atoms with Crippen LogP contribution >= 0.6 is 0 Å². The second-order valence-electron chi connectivity index (χ2n) is 16.3. The third kappa shape index (κ3) is 22.7. The summed E-state index contributed by atoms with van der Waals surface area (Å²) in [4.78, 5) is 24.5. The smallest absolute Gasteiger partial charge is 0.306 e. The highest BCUT2D eigenvalue weighted by molar-refractivity contribution is 5.70. The molecule has 0 fully saturated rings. The lowest BCUT2D eigenvalue weighted by Gasteiger charge is -2.15. The molecule has 2 aromatic rings. The highest BCUT2D eigenvalue weighted by Crippen LogP contribution is 2.25. The molecule has 7 heteroatoms. The molecular weight excluding hydrogens is 689 g/mol. The van der Waals surface area contributed by atoms with E-state index in [1.54, 1.807) is 0 Å². The number of furan rings is 2. The van der Waals surface area contributed by atoms with Crippen LogP contribution in [0.5, 0.6) is 0 Å². The van der Waals surface area contributed by atoms with Gasteiger partial charge in [-0.3, -0.25) is 9.59 Å². The van der Waals surface area contributed by atoms with Gasteiger partial charge in [0.05, 0.1) is 6.61 Å². The van der Waals surface area contributed by atoms with Crippen LogP contribution in [0.25, 0.3) is 0 Å². The van der Waals surface area contributed by atoms with Crippen LogP contribution in [-0.2, 0) is 44.7 Å². The molecule has 7 nitrogen and oxygen atoms in total. The van der Waals surface area contributed by atoms with Crippen LogP contribution in [0.2, 0.25) is 0 Å². The van der Waals surface area contributed by atoms with E-state index in [1.807, 2.05) is 0 Å². The summed E-state index contributed by atoms with van der Waals surface area (Å²) in [6.07, 6.45) is 32.2. The fourth-order valence-electron chi connectivity index (χ4n) is 7.46. The maximum absolute atomic E-state index is 12.3. The number of esters is 2. The number of hydrogen-bond acceptors (Lipinski definition) is 7. The van der Waals surface area contributed by atoms with Gasteiger partial charge in [-0.15, -0.1) is 0 Å². The molecular formula is C48H82O7. The molecule has 0 saturated carbocycles. The first-order valence-corrected chi connectivity index (χ1v) is 22.9. The second kappa shape index (κ2) is 31.5. The van der Waals surface area contributed by atoms with Gasteiger partial charge in [-0.05, 0) is 82.1 Å². The molecule has 0 spiro atoms. The van der Waals surface area contributed by atoms with Gasteiger partial charge in [0, 0.05) is 38.5 Å². The molecule has 2 rings (SSSR count). The molecule has 0 amide bonds. The fourth-order valence-corrected chi connectivity index (χ4v) is 7.46. The summed E-state index contributed by atoms with van der Waals surface area (Å²) in [7, 11) is 0. The maximum atomic E-state index is 12.3. The topological polar surface area (TPSA) is 99.1 Å². The molecule has 316 valence electrons. The molecule has 1 N–H and O–H groups in total. The largest absolute Gasteiger partial charge is 0.466 e. The monoisotopic (exact) mass is 771 g/mol. The second-order valence-corrected chi connectivity index (χ2v) is 16.3. The molecule has 0 aliphatic rings. The van der Waals surface area contributed by atoms with E-state index < -0.39 is 6.10 Å². The standard InChI is InChI=1S/C48H82O7/c1-6-8-24-30-42-36-39(3)44(53-42)31-26-20-16-12-10-11-13-18-22-28-34-47(50)52-38-43(37-49)54-48(51)35-29-23-19-15-14-17-21-27-33-46-41(5)40(4)45(55-46)32-25-9-7-2/h36,43,49H,6-35,37-38H2,1-5H3/t43-/m0/s1. The summed E-state index contributed by atoms with van der Waals surface area (Å²) in [6, 6.07) is 2.24. The zero-order valence-corrected chi connectivity index (χ0v) is 36.2. The lowest BCUT2D eigenvalue weighted by Crippen LogP contribution is -2.28. The highest BCUT2D eigenvalue weighted by atomic mass is 16.6. The first-order chi connectivity index (χ1) is 26.8. The lowest BCUT2D eigenvalue weighted by atomic mass is 10.0. The van der Waals surface area contributed by atoms with Crippen molar-refractivity contribution in [3.8, 4) is 0 Å². The molecule has 0 aliphatic heterocycles.